The molecule has 0 aromatic heterocycles. The highest BCUT2D eigenvalue weighted by Crippen LogP contribution is 2.53. The van der Waals surface area contributed by atoms with Gasteiger partial charge in [-0.25, -0.2) is 5.01 Å². The van der Waals surface area contributed by atoms with Gasteiger partial charge in [-0.05, 0) is 53.6 Å². The minimum Gasteiger partial charge on any atom is -0.274 e. The topological polar surface area (TPSA) is 70.1 Å². The maximum Gasteiger partial charge on any atom is 0.240 e. The summed E-state index contributed by atoms with van der Waals surface area (Å²) in [5, 5.41) is 6.13. The third-order valence-corrected chi connectivity index (χ3v) is 7.95. The molecule has 2 aromatic rings. The molecule has 2 bridgehead atoms. The standard InChI is InChI=1S/C26H22BrN3O3/c1-14(31)30-22(16-4-8-19(27)9-5-16)13-21(28-30)15-6-10-20(11-7-15)29-25(32)23-17-2-3-18(12-17)24(23)26(29)33/h2-11,17-18,22-24H,12-13H2,1H3/t17-,18+,22?,23-,24+. The van der Waals surface area contributed by atoms with Crippen LogP contribution in [-0.4, -0.2) is 28.4 Å². The Balaban J connectivity index is 1.25. The molecule has 1 unspecified atom stereocenters. The number of hydrazone groups is 1. The predicted molar refractivity (Wildman–Crippen MR) is 127 cm³/mol. The highest BCUT2D eigenvalue weighted by Gasteiger charge is 2.59. The Bertz CT molecular complexity index is 1200. The van der Waals surface area contributed by atoms with Crippen molar-refractivity contribution in [3.05, 3.63) is 76.3 Å². The van der Waals surface area contributed by atoms with E-state index in [1.54, 1.807) is 0 Å². The lowest BCUT2D eigenvalue weighted by atomic mass is 9.85. The fourth-order valence-corrected chi connectivity index (χ4v) is 6.14. The minimum absolute atomic E-state index is 0.0779. The van der Waals surface area contributed by atoms with Crippen LogP contribution in [0.4, 0.5) is 5.69 Å². The molecule has 0 N–H and O–H groups in total. The maximum atomic E-state index is 13.1. The van der Waals surface area contributed by atoms with Gasteiger partial charge < -0.3 is 0 Å². The molecule has 6 nitrogen and oxygen atoms in total. The van der Waals surface area contributed by atoms with Crippen molar-refractivity contribution >= 4 is 45.1 Å². The number of halogens is 1. The molecule has 2 aliphatic heterocycles. The Morgan fingerprint density at radius 2 is 1.55 bits per heavy atom. The Hall–Kier alpha value is -3.06. The average molecular weight is 504 g/mol. The van der Waals surface area contributed by atoms with Gasteiger partial charge in [0, 0.05) is 17.8 Å². The number of anilines is 1. The first kappa shape index (κ1) is 20.5. The molecular formula is C26H22BrN3O3. The zero-order chi connectivity index (χ0) is 22.9. The molecule has 3 amide bonds. The third kappa shape index (κ3) is 3.13. The van der Waals surface area contributed by atoms with E-state index >= 15 is 0 Å². The van der Waals surface area contributed by atoms with E-state index in [9.17, 15) is 14.4 Å². The van der Waals surface area contributed by atoms with Crippen LogP contribution in [0.3, 0.4) is 0 Å². The number of fused-ring (bicyclic) bond motifs is 5. The summed E-state index contributed by atoms with van der Waals surface area (Å²) in [6.07, 6.45) is 5.72. The van der Waals surface area contributed by atoms with Gasteiger partial charge >= 0.3 is 0 Å². The zero-order valence-electron chi connectivity index (χ0n) is 18.0. The number of amides is 3. The highest BCUT2D eigenvalue weighted by atomic mass is 79.9. The van der Waals surface area contributed by atoms with Gasteiger partial charge in [-0.2, -0.15) is 5.10 Å². The molecule has 5 atom stereocenters. The van der Waals surface area contributed by atoms with Gasteiger partial charge in [0.15, 0.2) is 0 Å². The van der Waals surface area contributed by atoms with Gasteiger partial charge in [0.1, 0.15) is 0 Å². The molecule has 2 heterocycles. The molecule has 166 valence electrons. The maximum absolute atomic E-state index is 13.1. The molecule has 6 rings (SSSR count). The predicted octanol–water partition coefficient (Wildman–Crippen LogP) is 4.46. The molecule has 0 spiro atoms. The molecule has 2 aromatic carbocycles. The number of imide groups is 1. The molecule has 4 aliphatic rings. The van der Waals surface area contributed by atoms with E-state index in [4.69, 9.17) is 0 Å². The minimum atomic E-state index is -0.206. The van der Waals surface area contributed by atoms with Crippen LogP contribution in [-0.2, 0) is 14.4 Å². The van der Waals surface area contributed by atoms with E-state index in [1.807, 2.05) is 48.5 Å². The van der Waals surface area contributed by atoms with E-state index in [0.717, 1.165) is 27.7 Å². The van der Waals surface area contributed by atoms with Crippen LogP contribution >= 0.6 is 15.9 Å². The van der Waals surface area contributed by atoms with Crippen LogP contribution in [0.15, 0.2) is 70.3 Å². The summed E-state index contributed by atoms with van der Waals surface area (Å²) in [4.78, 5) is 39.8. The molecule has 0 radical (unpaired) electrons. The third-order valence-electron chi connectivity index (χ3n) is 7.42. The number of hydrogen-bond donors (Lipinski definition) is 0. The van der Waals surface area contributed by atoms with E-state index in [0.29, 0.717) is 12.1 Å². The second-order valence-corrected chi connectivity index (χ2v) is 10.2. The van der Waals surface area contributed by atoms with Crippen LogP contribution in [0, 0.1) is 23.7 Å². The summed E-state index contributed by atoms with van der Waals surface area (Å²) in [5.41, 5.74) is 3.31. The molecule has 1 saturated carbocycles. The van der Waals surface area contributed by atoms with Gasteiger partial charge in [0.05, 0.1) is 29.3 Å². The Kier molecular flexibility index (Phi) is 4.66. The lowest BCUT2D eigenvalue weighted by Gasteiger charge is -2.20. The second kappa shape index (κ2) is 7.48. The average Bonchev–Trinajstić information content (AvgIpc) is 3.58. The first-order valence-corrected chi connectivity index (χ1v) is 12.0. The summed E-state index contributed by atoms with van der Waals surface area (Å²) in [5.74, 6) is -0.290. The largest absolute Gasteiger partial charge is 0.274 e. The van der Waals surface area contributed by atoms with Crippen molar-refractivity contribution < 1.29 is 14.4 Å². The Morgan fingerprint density at radius 3 is 2.12 bits per heavy atom. The summed E-state index contributed by atoms with van der Waals surface area (Å²) < 4.78 is 0.981. The number of benzene rings is 2. The van der Waals surface area contributed by atoms with Crippen LogP contribution in [0.25, 0.3) is 0 Å². The Morgan fingerprint density at radius 1 is 0.939 bits per heavy atom. The van der Waals surface area contributed by atoms with Gasteiger partial charge in [-0.3, -0.25) is 19.3 Å². The van der Waals surface area contributed by atoms with Crippen molar-refractivity contribution in [1.29, 1.82) is 0 Å². The van der Waals surface area contributed by atoms with E-state index < -0.39 is 0 Å². The smallest absolute Gasteiger partial charge is 0.240 e. The summed E-state index contributed by atoms with van der Waals surface area (Å²) in [7, 11) is 0. The van der Waals surface area contributed by atoms with Crippen LogP contribution < -0.4 is 4.90 Å². The number of allylic oxidation sites excluding steroid dienone is 2. The van der Waals surface area contributed by atoms with Crippen LogP contribution in [0.1, 0.15) is 36.9 Å². The van der Waals surface area contributed by atoms with E-state index in [-0.39, 0.29) is 47.4 Å². The number of carbonyl (C=O) groups excluding carboxylic acids is 3. The molecule has 7 heteroatoms. The quantitative estimate of drug-likeness (QED) is 0.458. The fraction of sp³-hybridized carbons (Fsp3) is 0.308. The summed E-state index contributed by atoms with van der Waals surface area (Å²) in [6, 6.07) is 15.2. The monoisotopic (exact) mass is 503 g/mol. The van der Waals surface area contributed by atoms with Crippen molar-refractivity contribution in [3.63, 3.8) is 0 Å². The van der Waals surface area contributed by atoms with Gasteiger partial charge in [0.2, 0.25) is 17.7 Å². The van der Waals surface area contributed by atoms with Crippen molar-refractivity contribution in [3.8, 4) is 0 Å². The molecule has 2 fully saturated rings. The lowest BCUT2D eigenvalue weighted by Crippen LogP contribution is -2.32. The zero-order valence-corrected chi connectivity index (χ0v) is 19.6. The lowest BCUT2D eigenvalue weighted by molar-refractivity contribution is -0.130. The first-order chi connectivity index (χ1) is 15.9. The van der Waals surface area contributed by atoms with Crippen LogP contribution in [0.5, 0.6) is 0 Å². The fourth-order valence-electron chi connectivity index (χ4n) is 5.88. The van der Waals surface area contributed by atoms with E-state index in [1.165, 1.54) is 16.8 Å². The van der Waals surface area contributed by atoms with Crippen LogP contribution in [0.2, 0.25) is 0 Å². The van der Waals surface area contributed by atoms with Crippen molar-refractivity contribution in [2.75, 3.05) is 4.90 Å². The van der Waals surface area contributed by atoms with E-state index in [2.05, 4.69) is 33.2 Å². The highest BCUT2D eigenvalue weighted by molar-refractivity contribution is 9.10. The number of carbonyl (C=O) groups is 3. The molecule has 2 aliphatic carbocycles. The van der Waals surface area contributed by atoms with Crippen molar-refractivity contribution in [2.45, 2.75) is 25.8 Å². The SMILES string of the molecule is CC(=O)N1N=C(c2ccc(N3C(=O)[C@@H]4[C@H](C3=O)[C@@H]3C=C[C@H]4C3)cc2)CC1c1ccc(Br)cc1. The molecule has 1 saturated heterocycles. The summed E-state index contributed by atoms with van der Waals surface area (Å²) >= 11 is 3.45. The Labute approximate surface area is 200 Å². The normalized spacial score (nSPS) is 29.8. The number of rotatable bonds is 3. The molecule has 33 heavy (non-hydrogen) atoms. The molecular weight excluding hydrogens is 482 g/mol. The van der Waals surface area contributed by atoms with Gasteiger partial charge in [0.25, 0.3) is 0 Å². The number of nitrogens with zero attached hydrogens (tertiary/aromatic N) is 3. The second-order valence-electron chi connectivity index (χ2n) is 9.24. The van der Waals surface area contributed by atoms with Gasteiger partial charge in [-0.1, -0.05) is 52.3 Å². The first-order valence-electron chi connectivity index (χ1n) is 11.2. The van der Waals surface area contributed by atoms with Gasteiger partial charge in [-0.15, -0.1) is 0 Å². The summed E-state index contributed by atoms with van der Waals surface area (Å²) in [6.45, 7) is 1.52. The number of hydrogen-bond acceptors (Lipinski definition) is 4. The van der Waals surface area contributed by atoms with Crippen molar-refractivity contribution in [1.82, 2.24) is 5.01 Å². The van der Waals surface area contributed by atoms with Crippen molar-refractivity contribution in [2.24, 2.45) is 28.8 Å².